The molecule has 1 atom stereocenters. The first kappa shape index (κ1) is 23.9. The van der Waals surface area contributed by atoms with E-state index in [9.17, 15) is 4.79 Å². The Hall–Kier alpha value is -3.84. The fourth-order valence-electron chi connectivity index (χ4n) is 4.48. The second kappa shape index (κ2) is 9.66. The van der Waals surface area contributed by atoms with E-state index in [1.165, 1.54) is 0 Å². The molecule has 0 amide bonds. The maximum atomic E-state index is 12.8. The van der Waals surface area contributed by atoms with Gasteiger partial charge in [0.2, 0.25) is 0 Å². The number of nitrogens with zero attached hydrogens (tertiary/aromatic N) is 2. The van der Waals surface area contributed by atoms with Crippen molar-refractivity contribution in [2.45, 2.75) is 46.1 Å². The number of nitrogens with two attached hydrogens (primary N) is 1. The molecule has 36 heavy (non-hydrogen) atoms. The van der Waals surface area contributed by atoms with E-state index >= 15 is 0 Å². The van der Waals surface area contributed by atoms with E-state index in [-0.39, 0.29) is 11.8 Å². The predicted octanol–water partition coefficient (Wildman–Crippen LogP) is 6.66. The van der Waals surface area contributed by atoms with Gasteiger partial charge in [0.15, 0.2) is 17.1 Å². The van der Waals surface area contributed by atoms with E-state index in [4.69, 9.17) is 26.5 Å². The highest BCUT2D eigenvalue weighted by molar-refractivity contribution is 6.38. The zero-order valence-electron chi connectivity index (χ0n) is 20.4. The third-order valence-electron chi connectivity index (χ3n) is 6.40. The number of H-pyrrole nitrogens is 1. The first-order valence-corrected chi connectivity index (χ1v) is 12.3. The molecular weight excluding hydrogens is 476 g/mol. The highest BCUT2D eigenvalue weighted by Gasteiger charge is 2.20. The Morgan fingerprint density at radius 1 is 1.25 bits per heavy atom. The molecule has 3 aromatic heterocycles. The molecular formula is C28H27ClN4O3. The van der Waals surface area contributed by atoms with Crippen molar-refractivity contribution >= 4 is 45.4 Å². The minimum absolute atomic E-state index is 0.272. The number of anilines is 1. The molecule has 0 spiro atoms. The second-order valence-electron chi connectivity index (χ2n) is 9.00. The number of furan rings is 1. The fourth-order valence-corrected chi connectivity index (χ4v) is 4.77. The normalized spacial score (nSPS) is 12.3. The minimum Gasteiger partial charge on any atom is -0.458 e. The van der Waals surface area contributed by atoms with Crippen LogP contribution >= 0.6 is 11.6 Å². The Balaban J connectivity index is 1.31. The summed E-state index contributed by atoms with van der Waals surface area (Å²) in [6.45, 7) is 5.91. The average molecular weight is 503 g/mol. The summed E-state index contributed by atoms with van der Waals surface area (Å²) in [7, 11) is 0. The van der Waals surface area contributed by atoms with E-state index < -0.39 is 5.97 Å². The molecule has 0 saturated heterocycles. The number of carbonyl (C=O) groups is 1. The summed E-state index contributed by atoms with van der Waals surface area (Å²) < 4.78 is 11.8. The van der Waals surface area contributed by atoms with Crippen molar-refractivity contribution in [1.82, 2.24) is 15.0 Å². The van der Waals surface area contributed by atoms with Crippen molar-refractivity contribution in [2.75, 3.05) is 5.73 Å². The second-order valence-corrected chi connectivity index (χ2v) is 9.38. The van der Waals surface area contributed by atoms with Crippen LogP contribution in [-0.4, -0.2) is 27.0 Å². The average Bonchev–Trinajstić information content (AvgIpc) is 3.47. The van der Waals surface area contributed by atoms with Gasteiger partial charge in [-0.1, -0.05) is 36.7 Å². The number of hydrogen-bond acceptors (Lipinski definition) is 6. The Bertz CT molecular complexity index is 1590. The molecule has 0 fully saturated rings. The number of aromatic amines is 1. The zero-order chi connectivity index (χ0) is 25.4. The quantitative estimate of drug-likeness (QED) is 0.190. The third kappa shape index (κ3) is 4.42. The number of para-hydroxylation sites is 1. The lowest BCUT2D eigenvalue weighted by Gasteiger charge is -2.14. The third-order valence-corrected chi connectivity index (χ3v) is 6.77. The number of halogens is 1. The molecule has 3 N–H and O–H groups in total. The number of esters is 1. The van der Waals surface area contributed by atoms with Gasteiger partial charge in [-0.15, -0.1) is 0 Å². The summed E-state index contributed by atoms with van der Waals surface area (Å²) in [5.41, 5.74) is 13.0. The summed E-state index contributed by atoms with van der Waals surface area (Å²) in [5.74, 6) is 0.122. The Morgan fingerprint density at radius 3 is 2.83 bits per heavy atom. The molecule has 5 rings (SSSR count). The number of carbonyl (C=O) groups excluding carboxylic acids is 1. The van der Waals surface area contributed by atoms with Gasteiger partial charge in [0.05, 0.1) is 23.0 Å². The summed E-state index contributed by atoms with van der Waals surface area (Å²) in [5, 5.41) is 1.39. The van der Waals surface area contributed by atoms with Crippen LogP contribution in [0.3, 0.4) is 0 Å². The molecule has 8 heteroatoms. The van der Waals surface area contributed by atoms with Crippen LogP contribution in [0.25, 0.3) is 33.5 Å². The molecule has 7 nitrogen and oxygen atoms in total. The summed E-state index contributed by atoms with van der Waals surface area (Å²) in [6, 6.07) is 13.4. The summed E-state index contributed by atoms with van der Waals surface area (Å²) >= 11 is 6.73. The number of hydrogen-bond donors (Lipinski definition) is 2. The number of nitrogen functional groups attached to an aromatic ring is 1. The molecule has 5 aromatic rings. The van der Waals surface area contributed by atoms with Gasteiger partial charge in [-0.2, -0.15) is 0 Å². The molecule has 0 aliphatic rings. The van der Waals surface area contributed by atoms with Crippen LogP contribution in [0, 0.1) is 6.92 Å². The van der Waals surface area contributed by atoms with Gasteiger partial charge in [0.25, 0.3) is 0 Å². The van der Waals surface area contributed by atoms with Crippen LogP contribution in [0.5, 0.6) is 0 Å². The van der Waals surface area contributed by atoms with Crippen LogP contribution in [0.4, 0.5) is 5.69 Å². The van der Waals surface area contributed by atoms with Crippen LogP contribution in [0.1, 0.15) is 47.4 Å². The fraction of sp³-hybridized carbons (Fsp3) is 0.250. The number of aryl methyl sites for hydroxylation is 3. The SMILES string of the molecule is CCc1cc(C(=O)OC(C)CCc2cc(C)c3oc(-c4ccccc4N)c(Cl)c3c2)nc2nc[nH]c12. The topological polar surface area (TPSA) is 107 Å². The van der Waals surface area contributed by atoms with Crippen molar-refractivity contribution in [3.63, 3.8) is 0 Å². The van der Waals surface area contributed by atoms with Crippen LogP contribution < -0.4 is 5.73 Å². The van der Waals surface area contributed by atoms with Crippen molar-refractivity contribution in [1.29, 1.82) is 0 Å². The van der Waals surface area contributed by atoms with Gasteiger partial charge in [-0.25, -0.2) is 14.8 Å². The van der Waals surface area contributed by atoms with Crippen molar-refractivity contribution < 1.29 is 13.9 Å². The van der Waals surface area contributed by atoms with Crippen molar-refractivity contribution in [3.8, 4) is 11.3 Å². The van der Waals surface area contributed by atoms with Crippen LogP contribution in [0.2, 0.25) is 5.02 Å². The Kier molecular flexibility index (Phi) is 6.41. The summed E-state index contributed by atoms with van der Waals surface area (Å²) in [4.78, 5) is 24.4. The summed E-state index contributed by atoms with van der Waals surface area (Å²) in [6.07, 6.45) is 3.40. The molecule has 184 valence electrons. The number of rotatable bonds is 7. The largest absolute Gasteiger partial charge is 0.458 e. The monoisotopic (exact) mass is 502 g/mol. The molecule has 1 unspecified atom stereocenters. The first-order chi connectivity index (χ1) is 17.4. The number of pyridine rings is 1. The lowest BCUT2D eigenvalue weighted by Crippen LogP contribution is -2.17. The lowest BCUT2D eigenvalue weighted by atomic mass is 10.0. The minimum atomic E-state index is -0.447. The van der Waals surface area contributed by atoms with Crippen LogP contribution in [0.15, 0.2) is 53.2 Å². The van der Waals surface area contributed by atoms with Crippen molar-refractivity contribution in [3.05, 3.63) is 76.2 Å². The van der Waals surface area contributed by atoms with Gasteiger partial charge in [-0.3, -0.25) is 0 Å². The molecule has 3 heterocycles. The Morgan fingerprint density at radius 2 is 2.06 bits per heavy atom. The standard InChI is InChI=1S/C28H27ClN4O3/c1-4-18-13-22(33-27-24(18)31-14-32-27)28(34)35-16(3)9-10-17-11-15(2)25-20(12-17)23(29)26(36-25)19-7-5-6-8-21(19)30/h5-8,11-14,16H,4,9-10,30H2,1-3H3,(H,31,32,33). The molecule has 0 aliphatic carbocycles. The lowest BCUT2D eigenvalue weighted by molar-refractivity contribution is 0.0318. The van der Waals surface area contributed by atoms with E-state index in [1.807, 2.05) is 51.1 Å². The van der Waals surface area contributed by atoms with Crippen molar-refractivity contribution in [2.24, 2.45) is 0 Å². The molecule has 0 saturated carbocycles. The first-order valence-electron chi connectivity index (χ1n) is 12.0. The molecule has 0 aliphatic heterocycles. The number of benzene rings is 2. The maximum Gasteiger partial charge on any atom is 0.357 e. The highest BCUT2D eigenvalue weighted by Crippen LogP contribution is 2.41. The van der Waals surface area contributed by atoms with Gasteiger partial charge in [0.1, 0.15) is 5.58 Å². The van der Waals surface area contributed by atoms with Gasteiger partial charge in [-0.05, 0) is 74.1 Å². The number of ether oxygens (including phenoxy) is 1. The molecule has 2 aromatic carbocycles. The number of fused-ring (bicyclic) bond motifs is 2. The van der Waals surface area contributed by atoms with Gasteiger partial charge in [0, 0.05) is 16.6 Å². The van der Waals surface area contributed by atoms with E-state index in [1.54, 1.807) is 12.4 Å². The van der Waals surface area contributed by atoms with E-state index in [0.717, 1.165) is 45.2 Å². The number of imidazole rings is 1. The van der Waals surface area contributed by atoms with Crippen LogP contribution in [-0.2, 0) is 17.6 Å². The number of aromatic nitrogens is 3. The smallest absolute Gasteiger partial charge is 0.357 e. The molecule has 0 radical (unpaired) electrons. The predicted molar refractivity (Wildman–Crippen MR) is 142 cm³/mol. The maximum absolute atomic E-state index is 12.8. The highest BCUT2D eigenvalue weighted by atomic mass is 35.5. The van der Waals surface area contributed by atoms with Gasteiger partial charge >= 0.3 is 5.97 Å². The van der Waals surface area contributed by atoms with Gasteiger partial charge < -0.3 is 19.9 Å². The number of nitrogens with one attached hydrogen (secondary N) is 1. The van der Waals surface area contributed by atoms with E-state index in [0.29, 0.717) is 35.0 Å². The van der Waals surface area contributed by atoms with E-state index in [2.05, 4.69) is 21.0 Å². The Labute approximate surface area is 213 Å². The zero-order valence-corrected chi connectivity index (χ0v) is 21.1. The molecule has 0 bridgehead atoms.